The Morgan fingerprint density at radius 1 is 1.00 bits per heavy atom. The van der Waals surface area contributed by atoms with Gasteiger partial charge in [-0.2, -0.15) is 0 Å². The summed E-state index contributed by atoms with van der Waals surface area (Å²) >= 11 is 0. The number of hydrogen-bond acceptors (Lipinski definition) is 7. The van der Waals surface area contributed by atoms with Crippen LogP contribution in [0.2, 0.25) is 0 Å². The Morgan fingerprint density at radius 2 is 1.86 bits per heavy atom. The summed E-state index contributed by atoms with van der Waals surface area (Å²) in [4.78, 5) is 15.8. The van der Waals surface area contributed by atoms with Crippen LogP contribution in [0.1, 0.15) is 27.2 Å². The third-order valence-electron chi connectivity index (χ3n) is 5.59. The number of aromatic carboxylic acids is 1. The van der Waals surface area contributed by atoms with Crippen molar-refractivity contribution in [2.75, 3.05) is 7.11 Å². The summed E-state index contributed by atoms with van der Waals surface area (Å²) in [6, 6.07) is 24.5. The number of ether oxygens (including phenoxy) is 1. The largest absolute Gasteiger partial charge is 1.00 e. The number of carbonyl (C=O) groups excluding carboxylic acids is 1. The Morgan fingerprint density at radius 3 is 2.69 bits per heavy atom. The molecule has 36 heavy (non-hydrogen) atoms. The molecular weight excluding hydrogens is 465 g/mol. The number of aromatic nitrogens is 5. The van der Waals surface area contributed by atoms with E-state index in [2.05, 4.69) is 26.6 Å². The van der Waals surface area contributed by atoms with Gasteiger partial charge < -0.3 is 14.6 Å². The van der Waals surface area contributed by atoms with Gasteiger partial charge in [-0.1, -0.05) is 60.7 Å². The van der Waals surface area contributed by atoms with Crippen LogP contribution in [0.15, 0.2) is 78.9 Å². The van der Waals surface area contributed by atoms with Crippen molar-refractivity contribution < 1.29 is 44.2 Å². The predicted molar refractivity (Wildman–Crippen MR) is 130 cm³/mol. The predicted octanol–water partition coefficient (Wildman–Crippen LogP) is 0.483. The third kappa shape index (κ3) is 5.52. The second kappa shape index (κ2) is 11.3. The van der Waals surface area contributed by atoms with E-state index in [1.54, 1.807) is 10.7 Å². The van der Waals surface area contributed by atoms with E-state index in [1.165, 1.54) is 19.2 Å². The van der Waals surface area contributed by atoms with Crippen molar-refractivity contribution in [1.82, 2.24) is 25.2 Å². The first-order chi connectivity index (χ1) is 17.1. The van der Waals surface area contributed by atoms with Crippen LogP contribution in [-0.4, -0.2) is 38.3 Å². The Balaban J connectivity index is 0.00000304. The van der Waals surface area contributed by atoms with E-state index in [9.17, 15) is 9.90 Å². The molecule has 0 radical (unpaired) electrons. The molecule has 2 heterocycles. The van der Waals surface area contributed by atoms with E-state index in [-0.39, 0.29) is 35.1 Å². The molecule has 9 heteroatoms. The van der Waals surface area contributed by atoms with Gasteiger partial charge in [-0.25, -0.2) is 9.67 Å². The number of hydrogen-bond donors (Lipinski definition) is 0. The summed E-state index contributed by atoms with van der Waals surface area (Å²) in [7, 11) is 1.48. The van der Waals surface area contributed by atoms with Crippen molar-refractivity contribution in [3.63, 3.8) is 0 Å². The number of nitrogens with zero attached hydrogens (tertiary/aromatic N) is 5. The van der Waals surface area contributed by atoms with Crippen LogP contribution in [0.5, 0.6) is 5.75 Å². The average Bonchev–Trinajstić information content (AvgIpc) is 3.36. The van der Waals surface area contributed by atoms with Gasteiger partial charge in [0.15, 0.2) is 5.82 Å². The molecule has 0 atom stereocenters. The van der Waals surface area contributed by atoms with Gasteiger partial charge in [0.2, 0.25) is 0 Å². The van der Waals surface area contributed by atoms with Crippen LogP contribution in [-0.2, 0) is 6.54 Å². The first kappa shape index (κ1) is 25.2. The summed E-state index contributed by atoms with van der Waals surface area (Å²) in [5, 5.41) is 24.4. The van der Waals surface area contributed by atoms with Crippen molar-refractivity contribution in [2.45, 2.75) is 6.54 Å². The zero-order chi connectivity index (χ0) is 24.2. The minimum Gasteiger partial charge on any atom is -0.545 e. The molecule has 5 aromatic rings. The molecule has 0 aliphatic rings. The molecule has 0 bridgehead atoms. The van der Waals surface area contributed by atoms with Gasteiger partial charge >= 0.3 is 29.6 Å². The van der Waals surface area contributed by atoms with Crippen LogP contribution in [0.4, 0.5) is 0 Å². The smallest absolute Gasteiger partial charge is 0.545 e. The molecule has 2 aromatic heterocycles. The Labute approximate surface area is 229 Å². The summed E-state index contributed by atoms with van der Waals surface area (Å²) in [5.74, 6) is -0.260. The van der Waals surface area contributed by atoms with E-state index in [0.717, 1.165) is 33.3 Å². The van der Waals surface area contributed by atoms with E-state index in [1.807, 2.05) is 66.7 Å². The molecule has 8 nitrogen and oxygen atoms in total. The van der Waals surface area contributed by atoms with E-state index >= 15 is 0 Å². The standard InChI is InChI=1S/C27H21N5O3.Na/c1-35-25-16-21(27(33)34)10-11-22(25)17-32-26(29-30-31-32)20-7-4-5-18(15-20)9-13-23-14-12-19-6-2-3-8-24(19)28-23;/h2-16H,17H2,1H3,(H,33,34);/q;+1/p-1/b13-9+;. The maximum atomic E-state index is 11.2. The number of methoxy groups -OCH3 is 1. The number of carboxylic acid groups (broad SMARTS) is 1. The van der Waals surface area contributed by atoms with Gasteiger partial charge in [-0.05, 0) is 46.3 Å². The van der Waals surface area contributed by atoms with Gasteiger partial charge in [0, 0.05) is 22.1 Å². The Bertz CT molecular complexity index is 1560. The molecule has 0 aliphatic carbocycles. The number of benzene rings is 3. The summed E-state index contributed by atoms with van der Waals surface area (Å²) < 4.78 is 7.01. The van der Waals surface area contributed by atoms with Crippen LogP contribution < -0.4 is 39.4 Å². The van der Waals surface area contributed by atoms with Crippen molar-refractivity contribution in [2.24, 2.45) is 0 Å². The molecule has 172 valence electrons. The molecule has 0 fully saturated rings. The van der Waals surface area contributed by atoms with Gasteiger partial charge in [0.25, 0.3) is 0 Å². The topological polar surface area (TPSA) is 106 Å². The van der Waals surface area contributed by atoms with E-state index in [4.69, 9.17) is 4.74 Å². The minimum atomic E-state index is -1.26. The number of fused-ring (bicyclic) bond motifs is 1. The van der Waals surface area contributed by atoms with Gasteiger partial charge in [-0.3, -0.25) is 0 Å². The SMILES string of the molecule is COc1cc(C(=O)[O-])ccc1Cn1nnnc1-c1cccc(/C=C/c2ccc3ccccc3n2)c1.[Na+]. The maximum Gasteiger partial charge on any atom is 1.00 e. The normalized spacial score (nSPS) is 10.9. The van der Waals surface area contributed by atoms with Crippen LogP contribution in [0.25, 0.3) is 34.4 Å². The molecule has 0 saturated carbocycles. The second-order valence-corrected chi connectivity index (χ2v) is 7.86. The number of carboxylic acids is 1. The molecule has 0 spiro atoms. The van der Waals surface area contributed by atoms with Crippen molar-refractivity contribution in [1.29, 1.82) is 0 Å². The summed E-state index contributed by atoms with van der Waals surface area (Å²) in [6.45, 7) is 0.305. The van der Waals surface area contributed by atoms with Crippen LogP contribution in [0.3, 0.4) is 0 Å². The van der Waals surface area contributed by atoms with Crippen molar-refractivity contribution in [3.05, 3.63) is 101 Å². The molecule has 5 rings (SSSR count). The number of carbonyl (C=O) groups is 1. The first-order valence-corrected chi connectivity index (χ1v) is 10.9. The molecule has 0 N–H and O–H groups in total. The van der Waals surface area contributed by atoms with Crippen molar-refractivity contribution >= 4 is 29.0 Å². The number of pyridine rings is 1. The quantitative estimate of drug-likeness (QED) is 0.309. The fourth-order valence-corrected chi connectivity index (χ4v) is 3.82. The van der Waals surface area contributed by atoms with Crippen LogP contribution in [0, 0.1) is 0 Å². The van der Waals surface area contributed by atoms with Gasteiger partial charge in [0.05, 0.1) is 30.8 Å². The van der Waals surface area contributed by atoms with Crippen molar-refractivity contribution in [3.8, 4) is 17.1 Å². The average molecular weight is 485 g/mol. The monoisotopic (exact) mass is 485 g/mol. The maximum absolute atomic E-state index is 11.2. The fourth-order valence-electron chi connectivity index (χ4n) is 3.82. The number of tetrazole rings is 1. The Hall–Kier alpha value is -3.85. The molecule has 0 unspecified atom stereocenters. The molecule has 0 aliphatic heterocycles. The summed E-state index contributed by atoms with van der Waals surface area (Å²) in [6.07, 6.45) is 3.97. The molecule has 0 saturated heterocycles. The zero-order valence-electron chi connectivity index (χ0n) is 19.8. The van der Waals surface area contributed by atoms with Crippen LogP contribution >= 0.6 is 0 Å². The van der Waals surface area contributed by atoms with E-state index in [0.29, 0.717) is 18.1 Å². The third-order valence-corrected chi connectivity index (χ3v) is 5.59. The molecule has 3 aromatic carbocycles. The van der Waals surface area contributed by atoms with E-state index < -0.39 is 5.97 Å². The molecular formula is C27H20N5NaO3. The zero-order valence-corrected chi connectivity index (χ0v) is 21.8. The summed E-state index contributed by atoms with van der Waals surface area (Å²) in [5.41, 5.74) is 4.42. The molecule has 0 amide bonds. The first-order valence-electron chi connectivity index (χ1n) is 10.9. The van der Waals surface area contributed by atoms with Gasteiger partial charge in [-0.15, -0.1) is 5.10 Å². The Kier molecular flexibility index (Phi) is 7.90. The number of para-hydroxylation sites is 1. The van der Waals surface area contributed by atoms with Gasteiger partial charge in [0.1, 0.15) is 5.75 Å². The number of rotatable bonds is 7. The second-order valence-electron chi connectivity index (χ2n) is 7.86. The fraction of sp³-hybridized carbons (Fsp3) is 0.0741. The minimum absolute atomic E-state index is 0.